The summed E-state index contributed by atoms with van der Waals surface area (Å²) in [7, 11) is 0. The van der Waals surface area contributed by atoms with Gasteiger partial charge in [0.15, 0.2) is 6.61 Å². The highest BCUT2D eigenvalue weighted by Gasteiger charge is 2.09. The first-order valence-electron chi connectivity index (χ1n) is 7.64. The fraction of sp³-hybridized carbons (Fsp3) is 0.176. The smallest absolute Gasteiger partial charge is 0.277 e. The van der Waals surface area contributed by atoms with Crippen LogP contribution < -0.4 is 14.9 Å². The molecule has 0 bridgehead atoms. The summed E-state index contributed by atoms with van der Waals surface area (Å²) >= 11 is 0. The highest BCUT2D eigenvalue weighted by atomic mass is 16.6. The molecule has 1 amide bonds. The predicted octanol–water partition coefficient (Wildman–Crippen LogP) is 2.23. The molecule has 26 heavy (non-hydrogen) atoms. The minimum Gasteiger partial charge on any atom is -0.507 e. The number of ether oxygens (including phenoxy) is 2. The van der Waals surface area contributed by atoms with E-state index in [-0.39, 0.29) is 23.6 Å². The third-order valence-corrected chi connectivity index (χ3v) is 3.12. The molecule has 0 aromatic heterocycles. The number of aromatic hydroxyl groups is 1. The molecular formula is C17H17N3O6. The Hall–Kier alpha value is -3.62. The molecule has 0 unspecified atom stereocenters. The number of hydrazone groups is 1. The fourth-order valence-corrected chi connectivity index (χ4v) is 1.91. The van der Waals surface area contributed by atoms with E-state index in [4.69, 9.17) is 9.47 Å². The van der Waals surface area contributed by atoms with Crippen LogP contribution >= 0.6 is 0 Å². The first kappa shape index (κ1) is 18.7. The molecule has 2 rings (SSSR count). The van der Waals surface area contributed by atoms with E-state index in [1.165, 1.54) is 6.07 Å². The fourth-order valence-electron chi connectivity index (χ4n) is 1.91. The molecule has 2 aromatic rings. The van der Waals surface area contributed by atoms with Crippen LogP contribution in [0.3, 0.4) is 0 Å². The van der Waals surface area contributed by atoms with E-state index in [1.807, 2.05) is 6.92 Å². The van der Waals surface area contributed by atoms with Crippen LogP contribution in [0, 0.1) is 10.1 Å². The van der Waals surface area contributed by atoms with Crippen molar-refractivity contribution in [3.63, 3.8) is 0 Å². The number of hydrogen-bond donors (Lipinski definition) is 2. The predicted molar refractivity (Wildman–Crippen MR) is 93.6 cm³/mol. The van der Waals surface area contributed by atoms with Gasteiger partial charge in [-0.1, -0.05) is 0 Å². The maximum Gasteiger partial charge on any atom is 0.277 e. The number of rotatable bonds is 8. The van der Waals surface area contributed by atoms with E-state index in [0.717, 1.165) is 18.3 Å². The topological polar surface area (TPSA) is 123 Å². The Morgan fingerprint density at radius 1 is 1.23 bits per heavy atom. The molecule has 9 heteroatoms. The van der Waals surface area contributed by atoms with Crippen LogP contribution in [-0.4, -0.2) is 35.4 Å². The second-order valence-electron chi connectivity index (χ2n) is 4.99. The van der Waals surface area contributed by atoms with E-state index < -0.39 is 10.8 Å². The number of benzene rings is 2. The zero-order valence-corrected chi connectivity index (χ0v) is 13.9. The van der Waals surface area contributed by atoms with Crippen molar-refractivity contribution in [2.75, 3.05) is 13.2 Å². The van der Waals surface area contributed by atoms with Gasteiger partial charge in [0.25, 0.3) is 11.6 Å². The number of hydrogen-bond acceptors (Lipinski definition) is 7. The van der Waals surface area contributed by atoms with Crippen molar-refractivity contribution in [2.24, 2.45) is 5.10 Å². The Morgan fingerprint density at radius 3 is 2.50 bits per heavy atom. The standard InChI is InChI=1S/C17H17N3O6/c1-2-25-14-4-6-15(7-5-14)26-11-17(22)19-18-10-12-9-13(20(23)24)3-8-16(12)21/h3-10,21H,2,11H2,1H3,(H,19,22)/b18-10+. The summed E-state index contributed by atoms with van der Waals surface area (Å²) in [6.45, 7) is 2.16. The zero-order valence-electron chi connectivity index (χ0n) is 13.9. The Labute approximate surface area is 149 Å². The summed E-state index contributed by atoms with van der Waals surface area (Å²) in [5, 5.41) is 24.0. The van der Waals surface area contributed by atoms with Crippen LogP contribution in [0.5, 0.6) is 17.2 Å². The largest absolute Gasteiger partial charge is 0.507 e. The third-order valence-electron chi connectivity index (χ3n) is 3.12. The van der Waals surface area contributed by atoms with Gasteiger partial charge in [0.2, 0.25) is 0 Å². The molecule has 0 radical (unpaired) electrons. The molecule has 0 heterocycles. The van der Waals surface area contributed by atoms with Crippen LogP contribution in [0.4, 0.5) is 5.69 Å². The molecule has 2 N–H and O–H groups in total. The normalized spacial score (nSPS) is 10.5. The summed E-state index contributed by atoms with van der Waals surface area (Å²) in [6, 6.07) is 10.3. The molecule has 9 nitrogen and oxygen atoms in total. The molecule has 136 valence electrons. The highest BCUT2D eigenvalue weighted by molar-refractivity contribution is 5.86. The van der Waals surface area contributed by atoms with E-state index >= 15 is 0 Å². The maximum absolute atomic E-state index is 11.7. The van der Waals surface area contributed by atoms with Crippen molar-refractivity contribution in [3.05, 3.63) is 58.1 Å². The van der Waals surface area contributed by atoms with Crippen LogP contribution in [0.25, 0.3) is 0 Å². The summed E-state index contributed by atoms with van der Waals surface area (Å²) in [5.74, 6) is 0.467. The molecule has 0 aliphatic rings. The van der Waals surface area contributed by atoms with Crippen molar-refractivity contribution in [2.45, 2.75) is 6.92 Å². The Bertz CT molecular complexity index is 805. The van der Waals surface area contributed by atoms with Gasteiger partial charge in [-0.25, -0.2) is 5.43 Å². The summed E-state index contributed by atoms with van der Waals surface area (Å²) < 4.78 is 10.6. The van der Waals surface area contributed by atoms with Gasteiger partial charge in [0, 0.05) is 17.7 Å². The molecule has 0 spiro atoms. The van der Waals surface area contributed by atoms with Crippen LogP contribution in [0.2, 0.25) is 0 Å². The quantitative estimate of drug-likeness (QED) is 0.423. The average molecular weight is 359 g/mol. The monoisotopic (exact) mass is 359 g/mol. The van der Waals surface area contributed by atoms with Crippen molar-refractivity contribution in [1.29, 1.82) is 0 Å². The summed E-state index contributed by atoms with van der Waals surface area (Å²) in [5.41, 5.74) is 2.11. The lowest BCUT2D eigenvalue weighted by atomic mass is 10.2. The van der Waals surface area contributed by atoms with Gasteiger partial charge in [-0.2, -0.15) is 5.10 Å². The molecular weight excluding hydrogens is 342 g/mol. The van der Waals surface area contributed by atoms with Crippen molar-refractivity contribution in [3.8, 4) is 17.2 Å². The van der Waals surface area contributed by atoms with Crippen LogP contribution in [-0.2, 0) is 4.79 Å². The molecule has 2 aromatic carbocycles. The number of nitro groups is 1. The number of phenolic OH excluding ortho intramolecular Hbond substituents is 1. The number of nitrogens with one attached hydrogen (secondary N) is 1. The third kappa shape index (κ3) is 5.48. The van der Waals surface area contributed by atoms with Gasteiger partial charge >= 0.3 is 0 Å². The van der Waals surface area contributed by atoms with E-state index in [1.54, 1.807) is 24.3 Å². The number of carbonyl (C=O) groups excluding carboxylic acids is 1. The number of nitrogens with zero attached hydrogens (tertiary/aromatic N) is 2. The molecule has 0 atom stereocenters. The Balaban J connectivity index is 1.85. The average Bonchev–Trinajstić information content (AvgIpc) is 2.63. The lowest BCUT2D eigenvalue weighted by molar-refractivity contribution is -0.384. The lowest BCUT2D eigenvalue weighted by Gasteiger charge is -2.06. The lowest BCUT2D eigenvalue weighted by Crippen LogP contribution is -2.24. The molecule has 0 aliphatic carbocycles. The van der Waals surface area contributed by atoms with Gasteiger partial charge in [-0.15, -0.1) is 0 Å². The number of carbonyl (C=O) groups is 1. The molecule has 0 saturated heterocycles. The number of amides is 1. The van der Waals surface area contributed by atoms with Crippen molar-refractivity contribution in [1.82, 2.24) is 5.43 Å². The van der Waals surface area contributed by atoms with Crippen molar-refractivity contribution >= 4 is 17.8 Å². The Kier molecular flexibility index (Phi) is 6.49. The zero-order chi connectivity index (χ0) is 18.9. The SMILES string of the molecule is CCOc1ccc(OCC(=O)N/N=C/c2cc([N+](=O)[O-])ccc2O)cc1. The minimum absolute atomic E-state index is 0.104. The number of phenols is 1. The summed E-state index contributed by atoms with van der Waals surface area (Å²) in [4.78, 5) is 21.8. The minimum atomic E-state index is -0.597. The number of non-ortho nitro benzene ring substituents is 1. The second kappa shape index (κ2) is 9.02. The van der Waals surface area contributed by atoms with E-state index in [9.17, 15) is 20.0 Å². The summed E-state index contributed by atoms with van der Waals surface area (Å²) in [6.07, 6.45) is 1.11. The van der Waals surface area contributed by atoms with Crippen molar-refractivity contribution < 1.29 is 24.3 Å². The first-order chi connectivity index (χ1) is 12.5. The van der Waals surface area contributed by atoms with E-state index in [2.05, 4.69) is 10.5 Å². The second-order valence-corrected chi connectivity index (χ2v) is 4.99. The van der Waals surface area contributed by atoms with Crippen LogP contribution in [0.1, 0.15) is 12.5 Å². The molecule has 0 saturated carbocycles. The van der Waals surface area contributed by atoms with Gasteiger partial charge < -0.3 is 14.6 Å². The molecule has 0 fully saturated rings. The van der Waals surface area contributed by atoms with Crippen LogP contribution in [0.15, 0.2) is 47.6 Å². The van der Waals surface area contributed by atoms with Gasteiger partial charge in [0.05, 0.1) is 17.7 Å². The maximum atomic E-state index is 11.7. The highest BCUT2D eigenvalue weighted by Crippen LogP contribution is 2.21. The molecule has 0 aliphatic heterocycles. The van der Waals surface area contributed by atoms with Gasteiger partial charge in [-0.05, 0) is 37.3 Å². The van der Waals surface area contributed by atoms with E-state index in [0.29, 0.717) is 18.1 Å². The van der Waals surface area contributed by atoms with Gasteiger partial charge in [-0.3, -0.25) is 14.9 Å². The number of nitro benzene ring substituents is 1. The first-order valence-corrected chi connectivity index (χ1v) is 7.64. The Morgan fingerprint density at radius 2 is 1.88 bits per heavy atom. The van der Waals surface area contributed by atoms with Gasteiger partial charge in [0.1, 0.15) is 17.2 Å².